The van der Waals surface area contributed by atoms with Crippen LogP contribution in [0.3, 0.4) is 0 Å². The van der Waals surface area contributed by atoms with Gasteiger partial charge in [0.1, 0.15) is 0 Å². The molecule has 0 aromatic heterocycles. The third kappa shape index (κ3) is 3.36. The highest BCUT2D eigenvalue weighted by atomic mass is 32.2. The zero-order chi connectivity index (χ0) is 8.97. The molecule has 1 fully saturated rings. The molecule has 0 amide bonds. The summed E-state index contributed by atoms with van der Waals surface area (Å²) in [5.74, 6) is 0. The Kier molecular flexibility index (Phi) is 4.44. The van der Waals surface area contributed by atoms with Crippen LogP contribution in [0.1, 0.15) is 33.6 Å². The molecule has 1 aliphatic heterocycles. The summed E-state index contributed by atoms with van der Waals surface area (Å²) >= 11 is 2.14. The average molecular weight is 187 g/mol. The van der Waals surface area contributed by atoms with Crippen molar-refractivity contribution < 1.29 is 0 Å². The van der Waals surface area contributed by atoms with Gasteiger partial charge in [-0.1, -0.05) is 27.2 Å². The van der Waals surface area contributed by atoms with Crippen molar-refractivity contribution in [3.63, 3.8) is 0 Å². The van der Waals surface area contributed by atoms with E-state index in [4.69, 9.17) is 0 Å². The third-order valence-corrected chi connectivity index (χ3v) is 3.55. The fourth-order valence-electron chi connectivity index (χ4n) is 1.85. The van der Waals surface area contributed by atoms with Crippen LogP contribution in [0.5, 0.6) is 0 Å². The largest absolute Gasteiger partial charge is 0.301 e. The highest BCUT2D eigenvalue weighted by molar-refractivity contribution is 8.00. The third-order valence-electron chi connectivity index (χ3n) is 2.32. The first-order valence-corrected chi connectivity index (χ1v) is 6.04. The van der Waals surface area contributed by atoms with Crippen molar-refractivity contribution in [1.29, 1.82) is 0 Å². The zero-order valence-corrected chi connectivity index (χ0v) is 9.36. The summed E-state index contributed by atoms with van der Waals surface area (Å²) < 4.78 is 0. The second-order valence-electron chi connectivity index (χ2n) is 3.87. The van der Waals surface area contributed by atoms with E-state index in [9.17, 15) is 0 Å². The zero-order valence-electron chi connectivity index (χ0n) is 8.55. The van der Waals surface area contributed by atoms with Crippen molar-refractivity contribution in [3.05, 3.63) is 0 Å². The van der Waals surface area contributed by atoms with Crippen LogP contribution in [0, 0.1) is 0 Å². The molecule has 0 bridgehead atoms. The van der Waals surface area contributed by atoms with E-state index < -0.39 is 0 Å². The molecule has 2 atom stereocenters. The molecular formula is C10H21NS. The van der Waals surface area contributed by atoms with Gasteiger partial charge in [0.2, 0.25) is 0 Å². The monoisotopic (exact) mass is 187 g/mol. The molecular weight excluding hydrogens is 166 g/mol. The van der Waals surface area contributed by atoms with Crippen LogP contribution in [0.2, 0.25) is 0 Å². The van der Waals surface area contributed by atoms with Crippen LogP contribution >= 0.6 is 11.8 Å². The summed E-state index contributed by atoms with van der Waals surface area (Å²) in [6.45, 7) is 10.9. The summed E-state index contributed by atoms with van der Waals surface area (Å²) in [7, 11) is 0. The smallest absolute Gasteiger partial charge is 0.0149 e. The molecule has 0 aliphatic carbocycles. The van der Waals surface area contributed by atoms with Gasteiger partial charge >= 0.3 is 0 Å². The Hall–Kier alpha value is 0.310. The Morgan fingerprint density at radius 1 is 1.25 bits per heavy atom. The molecule has 2 unspecified atom stereocenters. The molecule has 0 N–H and O–H groups in total. The van der Waals surface area contributed by atoms with Gasteiger partial charge in [-0.3, -0.25) is 0 Å². The predicted molar refractivity (Wildman–Crippen MR) is 57.9 cm³/mol. The van der Waals surface area contributed by atoms with E-state index in [2.05, 4.69) is 37.4 Å². The summed E-state index contributed by atoms with van der Waals surface area (Å²) in [5, 5.41) is 1.68. The minimum Gasteiger partial charge on any atom is -0.301 e. The highest BCUT2D eigenvalue weighted by Gasteiger charge is 2.21. The van der Waals surface area contributed by atoms with Crippen molar-refractivity contribution >= 4 is 11.8 Å². The second kappa shape index (κ2) is 5.13. The molecule has 2 heteroatoms. The molecule has 0 aromatic rings. The summed E-state index contributed by atoms with van der Waals surface area (Å²) in [6.07, 6.45) is 2.69. The van der Waals surface area contributed by atoms with Crippen molar-refractivity contribution in [2.75, 3.05) is 19.6 Å². The van der Waals surface area contributed by atoms with Gasteiger partial charge in [-0.05, 0) is 13.0 Å². The van der Waals surface area contributed by atoms with E-state index in [0.717, 1.165) is 10.5 Å². The SMILES string of the molecule is CCCCN1CC(C)SC(C)C1. The molecule has 72 valence electrons. The maximum atomic E-state index is 2.62. The normalized spacial score (nSPS) is 32.2. The molecule has 1 heterocycles. The van der Waals surface area contributed by atoms with Crippen molar-refractivity contribution in [1.82, 2.24) is 4.90 Å². The Labute approximate surface area is 80.9 Å². The number of unbranched alkanes of at least 4 members (excludes halogenated alkanes) is 1. The van der Waals surface area contributed by atoms with Crippen LogP contribution in [0.25, 0.3) is 0 Å². The first-order valence-electron chi connectivity index (χ1n) is 5.10. The lowest BCUT2D eigenvalue weighted by Crippen LogP contribution is -2.40. The molecule has 0 aromatic carbocycles. The van der Waals surface area contributed by atoms with Gasteiger partial charge in [-0.25, -0.2) is 0 Å². The van der Waals surface area contributed by atoms with E-state index in [-0.39, 0.29) is 0 Å². The molecule has 0 radical (unpaired) electrons. The maximum absolute atomic E-state index is 2.62. The Bertz CT molecular complexity index is 117. The van der Waals surface area contributed by atoms with E-state index in [0.29, 0.717) is 0 Å². The van der Waals surface area contributed by atoms with Gasteiger partial charge in [0.25, 0.3) is 0 Å². The summed E-state index contributed by atoms with van der Waals surface area (Å²) in [4.78, 5) is 2.62. The fourth-order valence-corrected chi connectivity index (χ4v) is 3.24. The van der Waals surface area contributed by atoms with Gasteiger partial charge < -0.3 is 4.90 Å². The standard InChI is InChI=1S/C10H21NS/c1-4-5-6-11-7-9(2)12-10(3)8-11/h9-10H,4-8H2,1-3H3. The first-order chi connectivity index (χ1) is 5.72. The van der Waals surface area contributed by atoms with Gasteiger partial charge in [-0.15, -0.1) is 0 Å². The Morgan fingerprint density at radius 3 is 2.33 bits per heavy atom. The first kappa shape index (κ1) is 10.4. The topological polar surface area (TPSA) is 3.24 Å². The summed E-state index contributed by atoms with van der Waals surface area (Å²) in [5.41, 5.74) is 0. The highest BCUT2D eigenvalue weighted by Crippen LogP contribution is 2.24. The van der Waals surface area contributed by atoms with E-state index in [1.807, 2.05) is 0 Å². The lowest BCUT2D eigenvalue weighted by atomic mass is 10.2. The van der Waals surface area contributed by atoms with E-state index in [1.54, 1.807) is 0 Å². The molecule has 1 rings (SSSR count). The van der Waals surface area contributed by atoms with Crippen molar-refractivity contribution in [3.8, 4) is 0 Å². The predicted octanol–water partition coefficient (Wildman–Crippen LogP) is 2.61. The molecule has 1 saturated heterocycles. The van der Waals surface area contributed by atoms with Crippen molar-refractivity contribution in [2.24, 2.45) is 0 Å². The fraction of sp³-hybridized carbons (Fsp3) is 1.00. The lowest BCUT2D eigenvalue weighted by Gasteiger charge is -2.34. The van der Waals surface area contributed by atoms with Gasteiger partial charge in [0.05, 0.1) is 0 Å². The lowest BCUT2D eigenvalue weighted by molar-refractivity contribution is 0.267. The van der Waals surface area contributed by atoms with Crippen molar-refractivity contribution in [2.45, 2.75) is 44.1 Å². The number of hydrogen-bond acceptors (Lipinski definition) is 2. The molecule has 0 spiro atoms. The van der Waals surface area contributed by atoms with Gasteiger partial charge in [-0.2, -0.15) is 11.8 Å². The molecule has 0 saturated carbocycles. The quantitative estimate of drug-likeness (QED) is 0.668. The van der Waals surface area contributed by atoms with Crippen LogP contribution in [-0.2, 0) is 0 Å². The number of thioether (sulfide) groups is 1. The maximum Gasteiger partial charge on any atom is 0.0149 e. The molecule has 1 aliphatic rings. The van der Waals surface area contributed by atoms with Gasteiger partial charge in [0, 0.05) is 23.6 Å². The second-order valence-corrected chi connectivity index (χ2v) is 5.75. The van der Waals surface area contributed by atoms with Gasteiger partial charge in [0.15, 0.2) is 0 Å². The Morgan fingerprint density at radius 2 is 1.83 bits per heavy atom. The van der Waals surface area contributed by atoms with Crippen LogP contribution in [0.15, 0.2) is 0 Å². The summed E-state index contributed by atoms with van der Waals surface area (Å²) in [6, 6.07) is 0. The number of hydrogen-bond donors (Lipinski definition) is 0. The number of rotatable bonds is 3. The Balaban J connectivity index is 2.24. The minimum absolute atomic E-state index is 0.839. The van der Waals surface area contributed by atoms with Crippen LogP contribution in [0.4, 0.5) is 0 Å². The van der Waals surface area contributed by atoms with Crippen LogP contribution in [-0.4, -0.2) is 35.0 Å². The van der Waals surface area contributed by atoms with E-state index in [1.165, 1.54) is 32.5 Å². The van der Waals surface area contributed by atoms with Crippen LogP contribution < -0.4 is 0 Å². The number of nitrogens with zero attached hydrogens (tertiary/aromatic N) is 1. The minimum atomic E-state index is 0.839. The molecule has 12 heavy (non-hydrogen) atoms. The molecule has 1 nitrogen and oxygen atoms in total. The van der Waals surface area contributed by atoms with E-state index >= 15 is 0 Å². The average Bonchev–Trinajstić information content (AvgIpc) is 1.99.